The lowest BCUT2D eigenvalue weighted by Crippen LogP contribution is -2.14. The van der Waals surface area contributed by atoms with Gasteiger partial charge in [0.05, 0.1) is 12.7 Å². The van der Waals surface area contributed by atoms with E-state index in [1.807, 2.05) is 31.2 Å². The third-order valence-corrected chi connectivity index (χ3v) is 4.76. The largest absolute Gasteiger partial charge is 0.472 e. The van der Waals surface area contributed by atoms with Crippen molar-refractivity contribution >= 4 is 22.4 Å². The average Bonchev–Trinajstić information content (AvgIpc) is 3.09. The number of hydrogen-bond donors (Lipinski definition) is 1. The van der Waals surface area contributed by atoms with Crippen molar-refractivity contribution in [1.29, 1.82) is 0 Å². The van der Waals surface area contributed by atoms with Gasteiger partial charge in [-0.05, 0) is 46.9 Å². The average molecular weight is 368 g/mol. The number of aromatic nitrogens is 3. The van der Waals surface area contributed by atoms with Crippen LogP contribution in [0.2, 0.25) is 0 Å². The maximum absolute atomic E-state index is 12.8. The summed E-state index contributed by atoms with van der Waals surface area (Å²) in [5.41, 5.74) is 4.43. The van der Waals surface area contributed by atoms with E-state index in [-0.39, 0.29) is 5.91 Å². The highest BCUT2D eigenvalue weighted by Crippen LogP contribution is 2.32. The Morgan fingerprint density at radius 3 is 2.65 bits per heavy atom. The summed E-state index contributed by atoms with van der Waals surface area (Å²) in [6, 6.07) is 10.1. The molecule has 0 aliphatic carbocycles. The Hall–Kier alpha value is -2.80. The Morgan fingerprint density at radius 1 is 1.19 bits per heavy atom. The zero-order valence-electron chi connectivity index (χ0n) is 15.1. The molecule has 0 aliphatic heterocycles. The van der Waals surface area contributed by atoms with Gasteiger partial charge in [0.2, 0.25) is 5.13 Å². The SMILES string of the molecule is COc1nnc(NC(=O)c2cnc(C)cc2-c2ccccc2C(C)C)s1. The molecule has 1 amide bonds. The van der Waals surface area contributed by atoms with Gasteiger partial charge in [-0.15, -0.1) is 5.10 Å². The predicted molar refractivity (Wildman–Crippen MR) is 103 cm³/mol. The number of nitrogens with zero attached hydrogens (tertiary/aromatic N) is 3. The molecule has 1 N–H and O–H groups in total. The number of anilines is 1. The molecule has 1 aromatic carbocycles. The van der Waals surface area contributed by atoms with E-state index in [9.17, 15) is 4.79 Å². The van der Waals surface area contributed by atoms with Crippen molar-refractivity contribution in [3.63, 3.8) is 0 Å². The number of benzene rings is 1. The number of methoxy groups -OCH3 is 1. The molecule has 134 valence electrons. The number of hydrogen-bond acceptors (Lipinski definition) is 6. The fourth-order valence-electron chi connectivity index (χ4n) is 2.72. The smallest absolute Gasteiger partial charge is 0.295 e. The molecule has 0 bridgehead atoms. The van der Waals surface area contributed by atoms with Crippen LogP contribution in [0.25, 0.3) is 11.1 Å². The van der Waals surface area contributed by atoms with Crippen LogP contribution in [0.3, 0.4) is 0 Å². The number of rotatable bonds is 5. The minimum Gasteiger partial charge on any atom is -0.472 e. The lowest BCUT2D eigenvalue weighted by atomic mass is 9.90. The van der Waals surface area contributed by atoms with Gasteiger partial charge in [-0.25, -0.2) is 0 Å². The molecule has 2 aromatic heterocycles. The maximum Gasteiger partial charge on any atom is 0.295 e. The molecular formula is C19H20N4O2S. The highest BCUT2D eigenvalue weighted by molar-refractivity contribution is 7.17. The summed E-state index contributed by atoms with van der Waals surface area (Å²) in [5, 5.41) is 11.3. The Bertz CT molecular complexity index is 937. The van der Waals surface area contributed by atoms with E-state index in [1.54, 1.807) is 6.20 Å². The highest BCUT2D eigenvalue weighted by Gasteiger charge is 2.18. The molecule has 0 aliphatic rings. The Kier molecular flexibility index (Phi) is 5.27. The summed E-state index contributed by atoms with van der Waals surface area (Å²) in [7, 11) is 1.51. The minimum atomic E-state index is -0.273. The second kappa shape index (κ2) is 7.61. The molecule has 2 heterocycles. The number of amides is 1. The van der Waals surface area contributed by atoms with Gasteiger partial charge >= 0.3 is 0 Å². The molecule has 0 unspecified atom stereocenters. The van der Waals surface area contributed by atoms with Gasteiger partial charge in [0.1, 0.15) is 0 Å². The van der Waals surface area contributed by atoms with Crippen molar-refractivity contribution in [2.45, 2.75) is 26.7 Å². The summed E-state index contributed by atoms with van der Waals surface area (Å²) in [6.45, 7) is 6.19. The zero-order valence-corrected chi connectivity index (χ0v) is 15.9. The molecule has 3 aromatic rings. The molecule has 3 rings (SSSR count). The first-order chi connectivity index (χ1) is 12.5. The molecule has 0 spiro atoms. The van der Waals surface area contributed by atoms with Crippen LogP contribution in [-0.2, 0) is 0 Å². The van der Waals surface area contributed by atoms with Crippen molar-refractivity contribution in [1.82, 2.24) is 15.2 Å². The van der Waals surface area contributed by atoms with Crippen molar-refractivity contribution in [2.75, 3.05) is 12.4 Å². The molecule has 6 nitrogen and oxygen atoms in total. The summed E-state index contributed by atoms with van der Waals surface area (Å²) < 4.78 is 5.01. The van der Waals surface area contributed by atoms with E-state index >= 15 is 0 Å². The lowest BCUT2D eigenvalue weighted by molar-refractivity contribution is 0.102. The molecule has 7 heteroatoms. The predicted octanol–water partition coefficient (Wildman–Crippen LogP) is 4.29. The van der Waals surface area contributed by atoms with Gasteiger partial charge < -0.3 is 4.74 Å². The van der Waals surface area contributed by atoms with Crippen LogP contribution in [0.1, 0.15) is 41.4 Å². The van der Waals surface area contributed by atoms with Gasteiger partial charge in [-0.2, -0.15) is 0 Å². The summed E-state index contributed by atoms with van der Waals surface area (Å²) in [4.78, 5) is 17.2. The lowest BCUT2D eigenvalue weighted by Gasteiger charge is -2.16. The first-order valence-electron chi connectivity index (χ1n) is 8.24. The molecule has 0 saturated carbocycles. The van der Waals surface area contributed by atoms with Crippen molar-refractivity contribution in [3.05, 3.63) is 53.3 Å². The third kappa shape index (κ3) is 3.72. The first kappa shape index (κ1) is 18.0. The van der Waals surface area contributed by atoms with Crippen LogP contribution < -0.4 is 10.1 Å². The second-order valence-corrected chi connectivity index (χ2v) is 7.08. The Morgan fingerprint density at radius 2 is 1.96 bits per heavy atom. The molecular weight excluding hydrogens is 348 g/mol. The summed E-state index contributed by atoms with van der Waals surface area (Å²) in [6.07, 6.45) is 1.61. The minimum absolute atomic E-state index is 0.273. The molecule has 0 radical (unpaired) electrons. The number of nitrogens with one attached hydrogen (secondary N) is 1. The van der Waals surface area contributed by atoms with E-state index < -0.39 is 0 Å². The van der Waals surface area contributed by atoms with Crippen LogP contribution in [0.5, 0.6) is 5.19 Å². The van der Waals surface area contributed by atoms with E-state index in [2.05, 4.69) is 40.4 Å². The first-order valence-corrected chi connectivity index (χ1v) is 9.06. The van der Waals surface area contributed by atoms with Crippen LogP contribution in [-0.4, -0.2) is 28.2 Å². The second-order valence-electron chi connectivity index (χ2n) is 6.14. The molecule has 26 heavy (non-hydrogen) atoms. The zero-order chi connectivity index (χ0) is 18.7. The van der Waals surface area contributed by atoms with E-state index in [4.69, 9.17) is 4.74 Å². The normalized spacial score (nSPS) is 10.8. The summed E-state index contributed by atoms with van der Waals surface area (Å²) in [5.74, 6) is 0.0628. The quantitative estimate of drug-likeness (QED) is 0.727. The van der Waals surface area contributed by atoms with Crippen molar-refractivity contribution in [3.8, 4) is 16.3 Å². The van der Waals surface area contributed by atoms with E-state index in [0.717, 1.165) is 16.8 Å². The van der Waals surface area contributed by atoms with Crippen molar-refractivity contribution in [2.24, 2.45) is 0 Å². The summed E-state index contributed by atoms with van der Waals surface area (Å²) >= 11 is 1.17. The Balaban J connectivity index is 2.02. The van der Waals surface area contributed by atoms with Crippen LogP contribution >= 0.6 is 11.3 Å². The topological polar surface area (TPSA) is 77.0 Å². The Labute approximate surface area is 156 Å². The van der Waals surface area contributed by atoms with Crippen LogP contribution in [0.15, 0.2) is 36.5 Å². The number of ether oxygens (including phenoxy) is 1. The van der Waals surface area contributed by atoms with Crippen molar-refractivity contribution < 1.29 is 9.53 Å². The number of carbonyl (C=O) groups excluding carboxylic acids is 1. The third-order valence-electron chi connectivity index (χ3n) is 3.96. The number of pyridine rings is 1. The van der Waals surface area contributed by atoms with Gasteiger partial charge in [-0.1, -0.05) is 43.2 Å². The number of aryl methyl sites for hydroxylation is 1. The molecule has 0 fully saturated rings. The monoisotopic (exact) mass is 368 g/mol. The van der Waals surface area contributed by atoms with E-state index in [0.29, 0.717) is 21.8 Å². The fourth-order valence-corrected chi connectivity index (χ4v) is 3.27. The molecule has 0 atom stereocenters. The van der Waals surface area contributed by atoms with Gasteiger partial charge in [0.15, 0.2) is 0 Å². The molecule has 0 saturated heterocycles. The number of carbonyl (C=O) groups is 1. The van der Waals surface area contributed by atoms with Crippen LogP contribution in [0.4, 0.5) is 5.13 Å². The maximum atomic E-state index is 12.8. The standard InChI is InChI=1S/C19H20N4O2S/c1-11(2)13-7-5-6-8-14(13)15-9-12(3)20-10-16(15)17(24)21-18-22-23-19(25-4)26-18/h5-11H,1-4H3,(H,21,22,24). The van der Waals surface area contributed by atoms with Gasteiger partial charge in [-0.3, -0.25) is 15.1 Å². The van der Waals surface area contributed by atoms with E-state index in [1.165, 1.54) is 24.0 Å². The highest BCUT2D eigenvalue weighted by atomic mass is 32.1. The van der Waals surface area contributed by atoms with Gasteiger partial charge in [0, 0.05) is 11.9 Å². The fraction of sp³-hybridized carbons (Fsp3) is 0.263. The van der Waals surface area contributed by atoms with Crippen LogP contribution in [0, 0.1) is 6.92 Å². The van der Waals surface area contributed by atoms with Gasteiger partial charge in [0.25, 0.3) is 11.1 Å².